The van der Waals surface area contributed by atoms with Crippen LogP contribution in [0.3, 0.4) is 0 Å². The Labute approximate surface area is 90.9 Å². The average molecular weight is 261 g/mol. The molecule has 72 valence electrons. The largest absolute Gasteiger partial charge is 0.388 e. The Morgan fingerprint density at radius 2 is 2.31 bits per heavy atom. The van der Waals surface area contributed by atoms with E-state index in [2.05, 4.69) is 22.9 Å². The highest BCUT2D eigenvalue weighted by atomic mass is 79.9. The average Bonchev–Trinajstić information content (AvgIpc) is 2.83. The minimum atomic E-state index is -0.266. The van der Waals surface area contributed by atoms with E-state index >= 15 is 0 Å². The summed E-state index contributed by atoms with van der Waals surface area (Å²) in [5.74, 6) is 0. The fourth-order valence-corrected chi connectivity index (χ4v) is 3.33. The van der Waals surface area contributed by atoms with Crippen LogP contribution in [0.1, 0.15) is 37.9 Å². The van der Waals surface area contributed by atoms with Crippen molar-refractivity contribution in [3.05, 3.63) is 20.8 Å². The zero-order valence-electron chi connectivity index (χ0n) is 7.59. The Morgan fingerprint density at radius 1 is 1.62 bits per heavy atom. The lowest BCUT2D eigenvalue weighted by atomic mass is 9.92. The summed E-state index contributed by atoms with van der Waals surface area (Å²) in [5, 5.41) is 14.2. The maximum Gasteiger partial charge on any atom is 0.0865 e. The van der Waals surface area contributed by atoms with Crippen molar-refractivity contribution in [1.29, 1.82) is 0 Å². The molecule has 0 spiro atoms. The molecular formula is C10H13BrOS. The van der Waals surface area contributed by atoms with Gasteiger partial charge >= 0.3 is 0 Å². The molecule has 1 atom stereocenters. The first kappa shape index (κ1) is 9.69. The van der Waals surface area contributed by atoms with Crippen molar-refractivity contribution in [1.82, 2.24) is 0 Å². The third-order valence-corrected chi connectivity index (χ3v) is 4.86. The fourth-order valence-electron chi connectivity index (χ4n) is 1.80. The summed E-state index contributed by atoms with van der Waals surface area (Å²) in [6.45, 7) is 2.16. The minimum absolute atomic E-state index is 0.198. The van der Waals surface area contributed by atoms with Gasteiger partial charge in [0, 0.05) is 20.8 Å². The van der Waals surface area contributed by atoms with E-state index < -0.39 is 0 Å². The molecule has 0 saturated heterocycles. The van der Waals surface area contributed by atoms with Crippen molar-refractivity contribution in [2.75, 3.05) is 0 Å². The van der Waals surface area contributed by atoms with Gasteiger partial charge in [-0.25, -0.2) is 0 Å². The molecule has 0 amide bonds. The van der Waals surface area contributed by atoms with Crippen LogP contribution in [-0.2, 0) is 0 Å². The van der Waals surface area contributed by atoms with Crippen molar-refractivity contribution >= 4 is 27.3 Å². The van der Waals surface area contributed by atoms with E-state index in [1.54, 1.807) is 11.3 Å². The van der Waals surface area contributed by atoms with Crippen molar-refractivity contribution in [3.63, 3.8) is 0 Å². The molecule has 1 fully saturated rings. The zero-order valence-corrected chi connectivity index (χ0v) is 9.99. The molecule has 1 aromatic heterocycles. The minimum Gasteiger partial charge on any atom is -0.388 e. The lowest BCUT2D eigenvalue weighted by Gasteiger charge is -2.20. The first-order valence-electron chi connectivity index (χ1n) is 4.59. The molecule has 1 unspecified atom stereocenters. The second-order valence-electron chi connectivity index (χ2n) is 3.79. The number of aliphatic hydroxyl groups is 1. The molecule has 1 aliphatic carbocycles. The standard InChI is InChI=1S/C10H13BrOS/c1-2-10(3-4-10)9(12)7-5-13-6-8(7)11/h5-6,9,12H,2-4H2,1H3. The van der Waals surface area contributed by atoms with Crippen LogP contribution >= 0.6 is 27.3 Å². The molecular weight excluding hydrogens is 248 g/mol. The molecule has 1 aliphatic rings. The molecule has 1 N–H and O–H groups in total. The molecule has 0 aromatic carbocycles. The molecule has 1 aromatic rings. The van der Waals surface area contributed by atoms with E-state index in [1.165, 1.54) is 12.8 Å². The highest BCUT2D eigenvalue weighted by molar-refractivity contribution is 9.10. The monoisotopic (exact) mass is 260 g/mol. The highest BCUT2D eigenvalue weighted by Gasteiger charge is 2.48. The summed E-state index contributed by atoms with van der Waals surface area (Å²) in [4.78, 5) is 0. The van der Waals surface area contributed by atoms with E-state index in [4.69, 9.17) is 0 Å². The van der Waals surface area contributed by atoms with Gasteiger partial charge in [-0.1, -0.05) is 6.92 Å². The first-order chi connectivity index (χ1) is 6.19. The number of aliphatic hydroxyl groups excluding tert-OH is 1. The second kappa shape index (κ2) is 3.37. The van der Waals surface area contributed by atoms with Crippen molar-refractivity contribution in [2.45, 2.75) is 32.3 Å². The first-order valence-corrected chi connectivity index (χ1v) is 6.33. The quantitative estimate of drug-likeness (QED) is 0.878. The van der Waals surface area contributed by atoms with Gasteiger partial charge in [-0.15, -0.1) is 0 Å². The third kappa shape index (κ3) is 1.58. The van der Waals surface area contributed by atoms with E-state index in [-0.39, 0.29) is 11.5 Å². The van der Waals surface area contributed by atoms with Gasteiger partial charge in [-0.05, 0) is 40.6 Å². The van der Waals surface area contributed by atoms with E-state index in [0.717, 1.165) is 16.5 Å². The number of thiophene rings is 1. The van der Waals surface area contributed by atoms with Crippen LogP contribution in [0.5, 0.6) is 0 Å². The van der Waals surface area contributed by atoms with Gasteiger partial charge in [-0.3, -0.25) is 0 Å². The maximum atomic E-state index is 10.2. The SMILES string of the molecule is CCC1(C(O)c2cscc2Br)CC1. The van der Waals surface area contributed by atoms with E-state index in [1.807, 2.05) is 10.8 Å². The number of hydrogen-bond acceptors (Lipinski definition) is 2. The fraction of sp³-hybridized carbons (Fsp3) is 0.600. The molecule has 0 aliphatic heterocycles. The normalized spacial score (nSPS) is 21.5. The van der Waals surface area contributed by atoms with Gasteiger partial charge in [0.2, 0.25) is 0 Å². The van der Waals surface area contributed by atoms with Crippen LogP contribution in [0.2, 0.25) is 0 Å². The van der Waals surface area contributed by atoms with Gasteiger partial charge in [0.1, 0.15) is 0 Å². The van der Waals surface area contributed by atoms with Crippen molar-refractivity contribution in [3.8, 4) is 0 Å². The molecule has 13 heavy (non-hydrogen) atoms. The Bertz CT molecular complexity index is 304. The second-order valence-corrected chi connectivity index (χ2v) is 5.39. The van der Waals surface area contributed by atoms with Crippen LogP contribution in [-0.4, -0.2) is 5.11 Å². The lowest BCUT2D eigenvalue weighted by molar-refractivity contribution is 0.0900. The van der Waals surface area contributed by atoms with Crippen molar-refractivity contribution < 1.29 is 5.11 Å². The summed E-state index contributed by atoms with van der Waals surface area (Å²) in [5.41, 5.74) is 1.27. The molecule has 1 saturated carbocycles. The molecule has 0 radical (unpaired) electrons. The highest BCUT2D eigenvalue weighted by Crippen LogP contribution is 2.58. The van der Waals surface area contributed by atoms with Crippen LogP contribution in [0.4, 0.5) is 0 Å². The van der Waals surface area contributed by atoms with Gasteiger partial charge < -0.3 is 5.11 Å². The van der Waals surface area contributed by atoms with E-state index in [0.29, 0.717) is 0 Å². The Balaban J connectivity index is 2.22. The topological polar surface area (TPSA) is 20.2 Å². The summed E-state index contributed by atoms with van der Waals surface area (Å²) in [6.07, 6.45) is 3.16. The van der Waals surface area contributed by atoms with Gasteiger partial charge in [-0.2, -0.15) is 11.3 Å². The Morgan fingerprint density at radius 3 is 2.69 bits per heavy atom. The molecule has 3 heteroatoms. The van der Waals surface area contributed by atoms with Crippen molar-refractivity contribution in [2.24, 2.45) is 5.41 Å². The van der Waals surface area contributed by atoms with Gasteiger partial charge in [0.15, 0.2) is 0 Å². The van der Waals surface area contributed by atoms with Crippen LogP contribution < -0.4 is 0 Å². The van der Waals surface area contributed by atoms with Gasteiger partial charge in [0.25, 0.3) is 0 Å². The third-order valence-electron chi connectivity index (χ3n) is 3.11. The summed E-state index contributed by atoms with van der Waals surface area (Å²) >= 11 is 5.11. The van der Waals surface area contributed by atoms with E-state index in [9.17, 15) is 5.11 Å². The molecule has 1 heterocycles. The predicted molar refractivity (Wildman–Crippen MR) is 58.9 cm³/mol. The van der Waals surface area contributed by atoms with Crippen LogP contribution in [0.15, 0.2) is 15.2 Å². The zero-order chi connectivity index (χ0) is 9.47. The summed E-state index contributed by atoms with van der Waals surface area (Å²) in [6, 6.07) is 0. The maximum absolute atomic E-state index is 10.2. The Kier molecular flexibility index (Phi) is 2.51. The molecule has 1 nitrogen and oxygen atoms in total. The molecule has 0 bridgehead atoms. The Hall–Kier alpha value is 0.140. The number of halogens is 1. The lowest BCUT2D eigenvalue weighted by Crippen LogP contribution is -2.12. The van der Waals surface area contributed by atoms with Crippen LogP contribution in [0, 0.1) is 5.41 Å². The van der Waals surface area contributed by atoms with Gasteiger partial charge in [0.05, 0.1) is 6.10 Å². The number of rotatable bonds is 3. The summed E-state index contributed by atoms with van der Waals surface area (Å²) in [7, 11) is 0. The molecule has 2 rings (SSSR count). The number of hydrogen-bond donors (Lipinski definition) is 1. The smallest absolute Gasteiger partial charge is 0.0865 e. The van der Waals surface area contributed by atoms with Crippen LogP contribution in [0.25, 0.3) is 0 Å². The predicted octanol–water partition coefficient (Wildman–Crippen LogP) is 3.73. The summed E-state index contributed by atoms with van der Waals surface area (Å²) < 4.78 is 1.06.